The Balaban J connectivity index is 4.09. The van der Waals surface area contributed by atoms with Crippen molar-refractivity contribution in [2.45, 2.75) is 232 Å². The molecule has 0 rings (SSSR count). The van der Waals surface area contributed by atoms with Gasteiger partial charge in [-0.3, -0.25) is 13.8 Å². The first kappa shape index (κ1) is 51.5. The fourth-order valence-electron chi connectivity index (χ4n) is 6.42. The van der Waals surface area contributed by atoms with Crippen molar-refractivity contribution < 1.29 is 43.0 Å². The Hall–Kier alpha value is -0.540. The van der Waals surface area contributed by atoms with Crippen molar-refractivity contribution in [1.82, 2.24) is 0 Å². The molecule has 52 heavy (non-hydrogen) atoms. The number of esters is 1. The van der Waals surface area contributed by atoms with Gasteiger partial charge in [0.2, 0.25) is 0 Å². The lowest BCUT2D eigenvalue weighted by Gasteiger charge is -2.20. The molecule has 0 spiro atoms. The topological polar surface area (TPSA) is 132 Å². The maximum Gasteiger partial charge on any atom is 0.472 e. The van der Waals surface area contributed by atoms with E-state index >= 15 is 0 Å². The molecule has 3 atom stereocenters. The highest BCUT2D eigenvalue weighted by Crippen LogP contribution is 2.43. The summed E-state index contributed by atoms with van der Waals surface area (Å²) in [5.74, 6) is -0.377. The van der Waals surface area contributed by atoms with Crippen molar-refractivity contribution in [3.8, 4) is 0 Å². The maximum atomic E-state index is 12.6. The average molecular weight is 765 g/mol. The van der Waals surface area contributed by atoms with E-state index in [1.807, 2.05) is 0 Å². The van der Waals surface area contributed by atoms with Crippen LogP contribution < -0.4 is 0 Å². The Bertz CT molecular complexity index is 785. The van der Waals surface area contributed by atoms with Gasteiger partial charge in [-0.2, -0.15) is 0 Å². The molecule has 9 nitrogen and oxygen atoms in total. The Morgan fingerprint density at radius 3 is 1.25 bits per heavy atom. The average Bonchev–Trinajstić information content (AvgIpc) is 3.13. The molecule has 0 aromatic carbocycles. The Morgan fingerprint density at radius 1 is 0.519 bits per heavy atom. The van der Waals surface area contributed by atoms with Gasteiger partial charge in [-0.15, -0.1) is 0 Å². The maximum absolute atomic E-state index is 12.6. The number of ether oxygens (including phenoxy) is 2. The van der Waals surface area contributed by atoms with Crippen molar-refractivity contribution in [2.24, 2.45) is 0 Å². The van der Waals surface area contributed by atoms with Crippen LogP contribution in [-0.2, 0) is 27.9 Å². The molecule has 0 heterocycles. The number of phosphoric ester groups is 1. The van der Waals surface area contributed by atoms with Crippen LogP contribution in [0.4, 0.5) is 0 Å². The highest BCUT2D eigenvalue weighted by Gasteiger charge is 2.26. The fourth-order valence-corrected chi connectivity index (χ4v) is 7.21. The molecular formula is C42H85O9P. The summed E-state index contributed by atoms with van der Waals surface area (Å²) in [6, 6.07) is 0. The molecule has 0 aromatic rings. The molecule has 0 fully saturated rings. The van der Waals surface area contributed by atoms with E-state index in [0.29, 0.717) is 6.61 Å². The first-order chi connectivity index (χ1) is 25.3. The number of carbonyl (C=O) groups excluding carboxylic acids is 1. The van der Waals surface area contributed by atoms with Gasteiger partial charge in [0, 0.05) is 13.0 Å². The first-order valence-electron chi connectivity index (χ1n) is 22.0. The van der Waals surface area contributed by atoms with Gasteiger partial charge in [-0.25, -0.2) is 4.57 Å². The third kappa shape index (κ3) is 39.2. The Morgan fingerprint density at radius 2 is 0.865 bits per heavy atom. The van der Waals surface area contributed by atoms with E-state index in [1.54, 1.807) is 0 Å². The molecule has 3 N–H and O–H groups in total. The number of hydrogen-bond donors (Lipinski definition) is 3. The van der Waals surface area contributed by atoms with Crippen molar-refractivity contribution in [2.75, 3.05) is 33.0 Å². The van der Waals surface area contributed by atoms with E-state index in [-0.39, 0.29) is 25.6 Å². The molecule has 3 unspecified atom stereocenters. The molecule has 0 aliphatic rings. The Kier molecular flexibility index (Phi) is 39.7. The van der Waals surface area contributed by atoms with E-state index in [2.05, 4.69) is 13.8 Å². The van der Waals surface area contributed by atoms with Gasteiger partial charge >= 0.3 is 13.8 Å². The second-order valence-corrected chi connectivity index (χ2v) is 16.5. The first-order valence-corrected chi connectivity index (χ1v) is 23.5. The van der Waals surface area contributed by atoms with Gasteiger partial charge in [0.1, 0.15) is 12.2 Å². The van der Waals surface area contributed by atoms with E-state index in [9.17, 15) is 19.4 Å². The lowest BCUT2D eigenvalue weighted by atomic mass is 10.0. The molecule has 0 saturated heterocycles. The van der Waals surface area contributed by atoms with Crippen molar-refractivity contribution in [1.29, 1.82) is 0 Å². The minimum atomic E-state index is -4.51. The van der Waals surface area contributed by atoms with Crippen LogP contribution in [0.2, 0.25) is 0 Å². The second kappa shape index (κ2) is 40.1. The minimum Gasteiger partial charge on any atom is -0.457 e. The Labute approximate surface area is 320 Å². The van der Waals surface area contributed by atoms with Gasteiger partial charge in [0.05, 0.1) is 26.4 Å². The number of aliphatic hydroxyl groups excluding tert-OH is 2. The number of phosphoric acid groups is 1. The summed E-state index contributed by atoms with van der Waals surface area (Å²) in [4.78, 5) is 22.5. The van der Waals surface area contributed by atoms with Crippen molar-refractivity contribution >= 4 is 13.8 Å². The van der Waals surface area contributed by atoms with Crippen LogP contribution in [-0.4, -0.2) is 66.3 Å². The van der Waals surface area contributed by atoms with Crippen LogP contribution in [0.25, 0.3) is 0 Å². The summed E-state index contributed by atoms with van der Waals surface area (Å²) in [6.45, 7) is 3.57. The molecule has 312 valence electrons. The van der Waals surface area contributed by atoms with Crippen molar-refractivity contribution in [3.63, 3.8) is 0 Å². The van der Waals surface area contributed by atoms with Gasteiger partial charge < -0.3 is 24.6 Å². The van der Waals surface area contributed by atoms with Gasteiger partial charge in [-0.1, -0.05) is 200 Å². The molecule has 0 aliphatic heterocycles. The fraction of sp³-hybridized carbons (Fsp3) is 0.976. The summed E-state index contributed by atoms with van der Waals surface area (Å²) in [5.41, 5.74) is 0. The summed E-state index contributed by atoms with van der Waals surface area (Å²) >= 11 is 0. The zero-order valence-corrected chi connectivity index (χ0v) is 35.0. The van der Waals surface area contributed by atoms with E-state index in [0.717, 1.165) is 32.1 Å². The van der Waals surface area contributed by atoms with E-state index in [4.69, 9.17) is 23.6 Å². The predicted molar refractivity (Wildman–Crippen MR) is 215 cm³/mol. The lowest BCUT2D eigenvalue weighted by molar-refractivity contribution is -0.154. The SMILES string of the molecule is CCCCCCCCCCCCCCCCCCCCOCC(COP(=O)(O)OCC(O)CO)OC(=O)CCCCCCCCCCCCCCC. The monoisotopic (exact) mass is 765 g/mol. The van der Waals surface area contributed by atoms with E-state index < -0.39 is 33.2 Å². The zero-order chi connectivity index (χ0) is 38.2. The number of hydrogen-bond acceptors (Lipinski definition) is 8. The molecular weight excluding hydrogens is 679 g/mol. The third-order valence-corrected chi connectivity index (χ3v) is 10.7. The quantitative estimate of drug-likeness (QED) is 0.0315. The normalized spacial score (nSPS) is 14.0. The van der Waals surface area contributed by atoms with Crippen LogP contribution >= 0.6 is 7.82 Å². The summed E-state index contributed by atoms with van der Waals surface area (Å²) < 4.78 is 33.4. The van der Waals surface area contributed by atoms with Gasteiger partial charge in [0.15, 0.2) is 0 Å². The highest BCUT2D eigenvalue weighted by molar-refractivity contribution is 7.47. The minimum absolute atomic E-state index is 0.0581. The third-order valence-electron chi connectivity index (χ3n) is 9.79. The number of rotatable bonds is 43. The molecule has 0 amide bonds. The van der Waals surface area contributed by atoms with Crippen molar-refractivity contribution in [3.05, 3.63) is 0 Å². The lowest BCUT2D eigenvalue weighted by Crippen LogP contribution is -2.29. The number of aliphatic hydroxyl groups is 2. The summed E-state index contributed by atoms with van der Waals surface area (Å²) in [5, 5.41) is 18.3. The standard InChI is InChI=1S/C42H85O9P/c1-3-5-7-9-11-13-15-17-18-19-20-21-23-25-27-29-31-33-35-48-38-41(39-50-52(46,47)49-37-40(44)36-43)51-42(45)34-32-30-28-26-24-22-16-14-12-10-8-6-4-2/h40-41,43-44H,3-39H2,1-2H3,(H,46,47). The number of unbranched alkanes of at least 4 members (excludes halogenated alkanes) is 29. The molecule has 0 radical (unpaired) electrons. The molecule has 0 aromatic heterocycles. The van der Waals surface area contributed by atoms with Gasteiger partial charge in [0.25, 0.3) is 0 Å². The van der Waals surface area contributed by atoms with Crippen LogP contribution in [0.3, 0.4) is 0 Å². The van der Waals surface area contributed by atoms with Gasteiger partial charge in [-0.05, 0) is 12.8 Å². The van der Waals surface area contributed by atoms with Crippen LogP contribution in [0.1, 0.15) is 219 Å². The smallest absolute Gasteiger partial charge is 0.457 e. The van der Waals surface area contributed by atoms with Crippen LogP contribution in [0.15, 0.2) is 0 Å². The molecule has 0 bridgehead atoms. The second-order valence-electron chi connectivity index (χ2n) is 15.1. The number of carbonyl (C=O) groups is 1. The summed E-state index contributed by atoms with van der Waals surface area (Å²) in [7, 11) is -4.51. The summed E-state index contributed by atoms with van der Waals surface area (Å²) in [6.07, 6.45) is 37.7. The molecule has 0 aliphatic carbocycles. The molecule has 0 saturated carbocycles. The molecule has 10 heteroatoms. The van der Waals surface area contributed by atoms with Crippen LogP contribution in [0, 0.1) is 0 Å². The zero-order valence-electron chi connectivity index (χ0n) is 34.1. The van der Waals surface area contributed by atoms with Crippen LogP contribution in [0.5, 0.6) is 0 Å². The largest absolute Gasteiger partial charge is 0.472 e. The predicted octanol–water partition coefficient (Wildman–Crippen LogP) is 11.9. The highest BCUT2D eigenvalue weighted by atomic mass is 31.2. The van der Waals surface area contributed by atoms with E-state index in [1.165, 1.54) is 167 Å².